The fraction of sp³-hybridized carbons (Fsp3) is 0.625. The van der Waals surface area contributed by atoms with Crippen LogP contribution in [0.2, 0.25) is 5.02 Å². The Morgan fingerprint density at radius 1 is 1.20 bits per heavy atom. The van der Waals surface area contributed by atoms with Crippen LogP contribution < -0.4 is 5.32 Å². The van der Waals surface area contributed by atoms with Crippen LogP contribution in [0.4, 0.5) is 0 Å². The minimum absolute atomic E-state index is 0.247. The number of rotatable bonds is 4. The van der Waals surface area contributed by atoms with Gasteiger partial charge in [-0.05, 0) is 31.5 Å². The highest BCUT2D eigenvalue weighted by molar-refractivity contribution is 7.84. The molecule has 0 amide bonds. The van der Waals surface area contributed by atoms with Gasteiger partial charge in [0, 0.05) is 21.9 Å². The van der Waals surface area contributed by atoms with E-state index in [1.165, 1.54) is 25.7 Å². The topological polar surface area (TPSA) is 29.1 Å². The molecule has 1 saturated carbocycles. The second-order valence-corrected chi connectivity index (χ2v) is 7.60. The van der Waals surface area contributed by atoms with Crippen LogP contribution in [0.15, 0.2) is 24.3 Å². The number of halogens is 1. The van der Waals surface area contributed by atoms with Gasteiger partial charge in [0.25, 0.3) is 0 Å². The Morgan fingerprint density at radius 3 is 2.60 bits per heavy atom. The van der Waals surface area contributed by atoms with E-state index in [0.29, 0.717) is 11.8 Å². The molecule has 2 nitrogen and oxygen atoms in total. The van der Waals surface area contributed by atoms with E-state index < -0.39 is 10.8 Å². The van der Waals surface area contributed by atoms with Crippen molar-refractivity contribution in [2.75, 3.05) is 7.05 Å². The van der Waals surface area contributed by atoms with Gasteiger partial charge in [0.05, 0.1) is 11.0 Å². The second kappa shape index (κ2) is 8.16. The minimum atomic E-state index is -0.863. The Morgan fingerprint density at radius 2 is 1.90 bits per heavy atom. The maximum Gasteiger partial charge on any atom is 0.0504 e. The lowest BCUT2D eigenvalue weighted by molar-refractivity contribution is 0.414. The summed E-state index contributed by atoms with van der Waals surface area (Å²) in [5.41, 5.74) is 1.00. The van der Waals surface area contributed by atoms with E-state index in [2.05, 4.69) is 5.32 Å². The molecule has 1 N–H and O–H groups in total. The number of hydrogen-bond donors (Lipinski definition) is 1. The van der Waals surface area contributed by atoms with Crippen molar-refractivity contribution >= 4 is 22.4 Å². The summed E-state index contributed by atoms with van der Waals surface area (Å²) >= 11 is 6.19. The molecule has 0 aliphatic heterocycles. The largest absolute Gasteiger partial charge is 0.316 e. The molecule has 1 aliphatic rings. The highest BCUT2D eigenvalue weighted by Gasteiger charge is 2.27. The highest BCUT2D eigenvalue weighted by atomic mass is 35.5. The Kier molecular flexibility index (Phi) is 6.53. The normalized spacial score (nSPS) is 25.7. The molecule has 0 radical (unpaired) electrons. The van der Waals surface area contributed by atoms with Gasteiger partial charge < -0.3 is 5.32 Å². The van der Waals surface area contributed by atoms with Crippen LogP contribution in [-0.4, -0.2) is 22.5 Å². The third-order valence-electron chi connectivity index (χ3n) is 4.17. The van der Waals surface area contributed by atoms with Gasteiger partial charge in [-0.2, -0.15) is 0 Å². The van der Waals surface area contributed by atoms with Gasteiger partial charge in [-0.25, -0.2) is 0 Å². The quantitative estimate of drug-likeness (QED) is 0.913. The predicted molar refractivity (Wildman–Crippen MR) is 87.6 cm³/mol. The van der Waals surface area contributed by atoms with E-state index in [4.69, 9.17) is 11.6 Å². The van der Waals surface area contributed by atoms with E-state index >= 15 is 0 Å². The van der Waals surface area contributed by atoms with Gasteiger partial charge in [0.15, 0.2) is 0 Å². The molecule has 0 spiro atoms. The Balaban J connectivity index is 2.06. The third kappa shape index (κ3) is 4.31. The lowest BCUT2D eigenvalue weighted by atomic mass is 9.96. The molecule has 1 aromatic carbocycles. The monoisotopic (exact) mass is 313 g/mol. The molecule has 112 valence electrons. The SMILES string of the molecule is CNC1CCCCCCC1S(=O)Cc1ccccc1Cl. The lowest BCUT2D eigenvalue weighted by Crippen LogP contribution is -2.41. The van der Waals surface area contributed by atoms with Crippen LogP contribution >= 0.6 is 11.6 Å². The first-order valence-electron chi connectivity index (χ1n) is 7.50. The average molecular weight is 314 g/mol. The smallest absolute Gasteiger partial charge is 0.0504 e. The van der Waals surface area contributed by atoms with Crippen molar-refractivity contribution < 1.29 is 4.21 Å². The third-order valence-corrected chi connectivity index (χ3v) is 6.37. The van der Waals surface area contributed by atoms with Crippen molar-refractivity contribution in [3.63, 3.8) is 0 Å². The van der Waals surface area contributed by atoms with Crippen molar-refractivity contribution in [1.29, 1.82) is 0 Å². The van der Waals surface area contributed by atoms with Gasteiger partial charge in [-0.3, -0.25) is 4.21 Å². The van der Waals surface area contributed by atoms with Gasteiger partial charge in [0.1, 0.15) is 0 Å². The highest BCUT2D eigenvalue weighted by Crippen LogP contribution is 2.25. The Labute approximate surface area is 129 Å². The van der Waals surface area contributed by atoms with Crippen LogP contribution in [-0.2, 0) is 16.6 Å². The maximum absolute atomic E-state index is 12.8. The first kappa shape index (κ1) is 16.0. The summed E-state index contributed by atoms with van der Waals surface area (Å²) in [4.78, 5) is 0. The van der Waals surface area contributed by atoms with Gasteiger partial charge in [-0.1, -0.05) is 55.5 Å². The van der Waals surface area contributed by atoms with Crippen molar-refractivity contribution in [3.8, 4) is 0 Å². The Bertz CT molecular complexity index is 452. The molecule has 0 heterocycles. The summed E-state index contributed by atoms with van der Waals surface area (Å²) in [6.45, 7) is 0. The second-order valence-electron chi connectivity index (χ2n) is 5.54. The van der Waals surface area contributed by atoms with E-state index in [9.17, 15) is 4.21 Å². The lowest BCUT2D eigenvalue weighted by Gasteiger charge is -2.28. The summed E-state index contributed by atoms with van der Waals surface area (Å²) in [7, 11) is 1.13. The summed E-state index contributed by atoms with van der Waals surface area (Å²) in [5, 5.41) is 4.35. The van der Waals surface area contributed by atoms with Gasteiger partial charge >= 0.3 is 0 Å². The van der Waals surface area contributed by atoms with E-state index in [1.807, 2.05) is 31.3 Å². The van der Waals surface area contributed by atoms with Gasteiger partial charge in [0.2, 0.25) is 0 Å². The minimum Gasteiger partial charge on any atom is -0.316 e. The predicted octanol–water partition coefficient (Wildman–Crippen LogP) is 3.90. The van der Waals surface area contributed by atoms with Crippen molar-refractivity contribution in [2.24, 2.45) is 0 Å². The molecule has 3 atom stereocenters. The fourth-order valence-electron chi connectivity index (χ4n) is 2.97. The summed E-state index contributed by atoms with van der Waals surface area (Å²) in [6, 6.07) is 8.12. The maximum atomic E-state index is 12.8. The zero-order valence-corrected chi connectivity index (χ0v) is 13.7. The van der Waals surface area contributed by atoms with Crippen LogP contribution in [0.1, 0.15) is 44.1 Å². The van der Waals surface area contributed by atoms with Crippen LogP contribution in [0.3, 0.4) is 0 Å². The molecule has 3 unspecified atom stereocenters. The zero-order chi connectivity index (χ0) is 14.4. The molecule has 1 aliphatic carbocycles. The molecule has 1 fully saturated rings. The van der Waals surface area contributed by atoms with Crippen LogP contribution in [0.5, 0.6) is 0 Å². The van der Waals surface area contributed by atoms with Crippen molar-refractivity contribution in [2.45, 2.75) is 55.6 Å². The molecule has 20 heavy (non-hydrogen) atoms. The molecule has 0 aromatic heterocycles. The zero-order valence-electron chi connectivity index (χ0n) is 12.1. The van der Waals surface area contributed by atoms with E-state index in [0.717, 1.165) is 23.4 Å². The number of benzene rings is 1. The molecule has 0 saturated heterocycles. The first-order valence-corrected chi connectivity index (χ1v) is 9.26. The molecular weight excluding hydrogens is 290 g/mol. The summed E-state index contributed by atoms with van der Waals surface area (Å²) in [6.07, 6.45) is 7.21. The molecule has 4 heteroatoms. The van der Waals surface area contributed by atoms with Crippen LogP contribution in [0.25, 0.3) is 0 Å². The summed E-state index contributed by atoms with van der Waals surface area (Å²) < 4.78 is 12.8. The van der Waals surface area contributed by atoms with Crippen molar-refractivity contribution in [3.05, 3.63) is 34.9 Å². The molecule has 0 bridgehead atoms. The molecule has 2 rings (SSSR count). The van der Waals surface area contributed by atoms with E-state index in [-0.39, 0.29) is 5.25 Å². The average Bonchev–Trinajstić information content (AvgIpc) is 2.41. The fourth-order valence-corrected chi connectivity index (χ4v) is 5.09. The van der Waals surface area contributed by atoms with Gasteiger partial charge in [-0.15, -0.1) is 0 Å². The van der Waals surface area contributed by atoms with Crippen molar-refractivity contribution in [1.82, 2.24) is 5.32 Å². The number of nitrogens with one attached hydrogen (secondary N) is 1. The van der Waals surface area contributed by atoms with Crippen LogP contribution in [0, 0.1) is 0 Å². The van der Waals surface area contributed by atoms with E-state index in [1.54, 1.807) is 0 Å². The Hall–Kier alpha value is -0.380. The first-order chi connectivity index (χ1) is 9.72. The standard InChI is InChI=1S/C16H24ClNOS/c1-18-15-10-4-2-3-5-11-16(15)20(19)12-13-8-6-7-9-14(13)17/h6-9,15-16,18H,2-5,10-12H2,1H3. The number of hydrogen-bond acceptors (Lipinski definition) is 2. The summed E-state index contributed by atoms with van der Waals surface area (Å²) in [5.74, 6) is 0.572. The molecular formula is C16H24ClNOS. The molecule has 1 aromatic rings.